The van der Waals surface area contributed by atoms with E-state index in [9.17, 15) is 8.42 Å². The number of nitrogens with zero attached hydrogens (tertiary/aromatic N) is 1. The van der Waals surface area contributed by atoms with Crippen molar-refractivity contribution in [2.45, 2.75) is 32.7 Å². The fourth-order valence-electron chi connectivity index (χ4n) is 3.10. The van der Waals surface area contributed by atoms with E-state index in [1.54, 1.807) is 7.11 Å². The van der Waals surface area contributed by atoms with Gasteiger partial charge in [0.1, 0.15) is 0 Å². The molecule has 1 atom stereocenters. The Morgan fingerprint density at radius 2 is 2.16 bits per heavy atom. The van der Waals surface area contributed by atoms with Gasteiger partial charge in [0.05, 0.1) is 22.2 Å². The maximum Gasteiger partial charge on any atom is 0.173 e. The standard InChI is InChI=1S/C17H25ClN2O3S2/c1-12-9-13(2)16(15(18)10-12)19-17(24)20(6-4-7-23-3)14-5-8-25(21,22)11-14/h9-10,14H,4-8,11H2,1-3H3,(H,19,24)/t14-/m0/s1. The number of nitrogens with one attached hydrogen (secondary N) is 1. The van der Waals surface area contributed by atoms with Crippen LogP contribution in [-0.4, -0.2) is 56.2 Å². The predicted molar refractivity (Wildman–Crippen MR) is 107 cm³/mol. The van der Waals surface area contributed by atoms with Crippen molar-refractivity contribution in [1.29, 1.82) is 0 Å². The Bertz CT molecular complexity index is 714. The molecule has 8 heteroatoms. The molecule has 0 aliphatic carbocycles. The summed E-state index contributed by atoms with van der Waals surface area (Å²) < 4.78 is 28.8. The molecule has 0 saturated carbocycles. The molecular weight excluding hydrogens is 380 g/mol. The van der Waals surface area contributed by atoms with Crippen LogP contribution in [0.2, 0.25) is 5.02 Å². The zero-order chi connectivity index (χ0) is 18.6. The van der Waals surface area contributed by atoms with Gasteiger partial charge in [0.25, 0.3) is 0 Å². The lowest BCUT2D eigenvalue weighted by Crippen LogP contribution is -2.44. The van der Waals surface area contributed by atoms with Gasteiger partial charge in [-0.2, -0.15) is 0 Å². The maximum atomic E-state index is 11.9. The number of ether oxygens (including phenoxy) is 1. The molecule has 1 aromatic rings. The van der Waals surface area contributed by atoms with Gasteiger partial charge in [-0.3, -0.25) is 0 Å². The molecule has 0 spiro atoms. The van der Waals surface area contributed by atoms with Crippen LogP contribution in [0.5, 0.6) is 0 Å². The Kier molecular flexibility index (Phi) is 7.08. The van der Waals surface area contributed by atoms with Crippen LogP contribution in [0.3, 0.4) is 0 Å². The molecule has 1 aliphatic heterocycles. The van der Waals surface area contributed by atoms with E-state index in [0.717, 1.165) is 23.2 Å². The van der Waals surface area contributed by atoms with Crippen molar-refractivity contribution in [1.82, 2.24) is 4.90 Å². The van der Waals surface area contributed by atoms with Gasteiger partial charge in [0.15, 0.2) is 14.9 Å². The maximum absolute atomic E-state index is 11.9. The van der Waals surface area contributed by atoms with Crippen molar-refractivity contribution in [2.75, 3.05) is 37.1 Å². The molecule has 0 amide bonds. The molecule has 1 aromatic carbocycles. The minimum atomic E-state index is -2.99. The number of benzene rings is 1. The van der Waals surface area contributed by atoms with E-state index in [2.05, 4.69) is 5.32 Å². The van der Waals surface area contributed by atoms with Crippen LogP contribution in [0.1, 0.15) is 24.0 Å². The van der Waals surface area contributed by atoms with Crippen molar-refractivity contribution in [2.24, 2.45) is 0 Å². The topological polar surface area (TPSA) is 58.6 Å². The Balaban J connectivity index is 2.17. The van der Waals surface area contributed by atoms with Gasteiger partial charge in [-0.05, 0) is 56.1 Å². The van der Waals surface area contributed by atoms with Crippen molar-refractivity contribution < 1.29 is 13.2 Å². The summed E-state index contributed by atoms with van der Waals surface area (Å²) in [6.07, 6.45) is 1.37. The number of anilines is 1. The average molecular weight is 405 g/mol. The lowest BCUT2D eigenvalue weighted by molar-refractivity contribution is 0.181. The van der Waals surface area contributed by atoms with E-state index in [0.29, 0.717) is 29.7 Å². The quantitative estimate of drug-likeness (QED) is 0.580. The Labute approximate surface area is 160 Å². The number of halogens is 1. The van der Waals surface area contributed by atoms with E-state index in [1.807, 2.05) is 30.9 Å². The van der Waals surface area contributed by atoms with Gasteiger partial charge >= 0.3 is 0 Å². The van der Waals surface area contributed by atoms with E-state index in [1.165, 1.54) is 0 Å². The molecule has 5 nitrogen and oxygen atoms in total. The third kappa shape index (κ3) is 5.54. The molecule has 1 saturated heterocycles. The highest BCUT2D eigenvalue weighted by molar-refractivity contribution is 7.91. The average Bonchev–Trinajstić information content (AvgIpc) is 2.87. The first-order valence-corrected chi connectivity index (χ1v) is 10.9. The highest BCUT2D eigenvalue weighted by atomic mass is 35.5. The first-order chi connectivity index (χ1) is 11.7. The van der Waals surface area contributed by atoms with E-state index < -0.39 is 9.84 Å². The Hall–Kier alpha value is -0.890. The summed E-state index contributed by atoms with van der Waals surface area (Å²) >= 11 is 12.0. The molecule has 0 unspecified atom stereocenters. The minimum Gasteiger partial charge on any atom is -0.385 e. The van der Waals surface area contributed by atoms with Crippen molar-refractivity contribution in [3.05, 3.63) is 28.3 Å². The summed E-state index contributed by atoms with van der Waals surface area (Å²) in [5.74, 6) is 0.355. The van der Waals surface area contributed by atoms with Crippen molar-refractivity contribution >= 4 is 44.5 Å². The number of thiocarbonyl (C=S) groups is 1. The SMILES string of the molecule is COCCCN(C(=S)Nc1c(C)cc(C)cc1Cl)[C@H]1CCS(=O)(=O)C1. The van der Waals surface area contributed by atoms with Crippen LogP contribution in [0.25, 0.3) is 0 Å². The highest BCUT2D eigenvalue weighted by Gasteiger charge is 2.33. The predicted octanol–water partition coefficient (Wildman–Crippen LogP) is 3.18. The molecule has 1 heterocycles. The molecule has 140 valence electrons. The fourth-order valence-corrected chi connectivity index (χ4v) is 5.54. The van der Waals surface area contributed by atoms with Gasteiger partial charge in [0, 0.05) is 26.3 Å². The Morgan fingerprint density at radius 1 is 1.44 bits per heavy atom. The molecule has 1 N–H and O–H groups in total. The van der Waals surface area contributed by atoms with Crippen LogP contribution in [-0.2, 0) is 14.6 Å². The number of aryl methyl sites for hydroxylation is 2. The van der Waals surface area contributed by atoms with E-state index in [-0.39, 0.29) is 17.5 Å². The third-order valence-electron chi connectivity index (χ3n) is 4.32. The summed E-state index contributed by atoms with van der Waals surface area (Å²) in [5, 5.41) is 4.34. The fraction of sp³-hybridized carbons (Fsp3) is 0.588. The van der Waals surface area contributed by atoms with Gasteiger partial charge in [-0.1, -0.05) is 17.7 Å². The molecule has 0 bridgehead atoms. The van der Waals surface area contributed by atoms with Gasteiger partial charge < -0.3 is 15.0 Å². The first-order valence-electron chi connectivity index (χ1n) is 8.27. The summed E-state index contributed by atoms with van der Waals surface area (Å²) in [6.45, 7) is 5.20. The number of hydrogen-bond acceptors (Lipinski definition) is 4. The summed E-state index contributed by atoms with van der Waals surface area (Å²) in [4.78, 5) is 1.97. The first kappa shape index (κ1) is 20.4. The highest BCUT2D eigenvalue weighted by Crippen LogP contribution is 2.28. The molecule has 0 radical (unpaired) electrons. The number of methoxy groups -OCH3 is 1. The van der Waals surface area contributed by atoms with E-state index in [4.69, 9.17) is 28.6 Å². The molecule has 2 rings (SSSR count). The zero-order valence-electron chi connectivity index (χ0n) is 14.8. The smallest absolute Gasteiger partial charge is 0.173 e. The molecule has 0 aromatic heterocycles. The van der Waals surface area contributed by atoms with Crippen molar-refractivity contribution in [3.63, 3.8) is 0 Å². The largest absolute Gasteiger partial charge is 0.385 e. The van der Waals surface area contributed by atoms with Crippen LogP contribution >= 0.6 is 23.8 Å². The van der Waals surface area contributed by atoms with Gasteiger partial charge in [0.2, 0.25) is 0 Å². The summed E-state index contributed by atoms with van der Waals surface area (Å²) in [6, 6.07) is 3.81. The summed E-state index contributed by atoms with van der Waals surface area (Å²) in [7, 11) is -1.34. The number of hydrogen-bond donors (Lipinski definition) is 1. The molecule has 25 heavy (non-hydrogen) atoms. The molecule has 1 fully saturated rings. The van der Waals surface area contributed by atoms with Crippen LogP contribution < -0.4 is 5.32 Å². The second kappa shape index (κ2) is 8.66. The normalized spacial score (nSPS) is 19.0. The molecule has 1 aliphatic rings. The van der Waals surface area contributed by atoms with Crippen LogP contribution in [0, 0.1) is 13.8 Å². The van der Waals surface area contributed by atoms with Gasteiger partial charge in [-0.25, -0.2) is 8.42 Å². The second-order valence-electron chi connectivity index (χ2n) is 6.47. The number of rotatable bonds is 6. The van der Waals surface area contributed by atoms with E-state index >= 15 is 0 Å². The second-order valence-corrected chi connectivity index (χ2v) is 9.49. The monoisotopic (exact) mass is 404 g/mol. The van der Waals surface area contributed by atoms with Crippen LogP contribution in [0.4, 0.5) is 5.69 Å². The lowest BCUT2D eigenvalue weighted by Gasteiger charge is -2.31. The van der Waals surface area contributed by atoms with Crippen molar-refractivity contribution in [3.8, 4) is 0 Å². The molecular formula is C17H25ClN2O3S2. The van der Waals surface area contributed by atoms with Crippen LogP contribution in [0.15, 0.2) is 12.1 Å². The van der Waals surface area contributed by atoms with Gasteiger partial charge in [-0.15, -0.1) is 0 Å². The minimum absolute atomic E-state index is 0.105. The Morgan fingerprint density at radius 3 is 2.72 bits per heavy atom. The zero-order valence-corrected chi connectivity index (χ0v) is 17.2. The number of sulfone groups is 1. The third-order valence-corrected chi connectivity index (χ3v) is 6.71. The lowest BCUT2D eigenvalue weighted by atomic mass is 10.1. The summed E-state index contributed by atoms with van der Waals surface area (Å²) in [5.41, 5.74) is 2.86.